The first kappa shape index (κ1) is 20.1. The van der Waals surface area contributed by atoms with Gasteiger partial charge in [0.05, 0.1) is 31.6 Å². The standard InChI is InChI=1S/C20H26N4O4S/c1-28-15-6-3-5-14(11-15)12-23-9-4-7-18(23)19-21-17-13-24(29(2,26)27)10-8-16(17)20(25)22-19/h3,5-6,11,18H,4,7-10,12-13H2,1-2H3,(H,21,22,25)/t18-/m1/s1. The van der Waals surface area contributed by atoms with E-state index in [0.717, 1.165) is 37.2 Å². The summed E-state index contributed by atoms with van der Waals surface area (Å²) >= 11 is 0. The fourth-order valence-corrected chi connectivity index (χ4v) is 4.99. The van der Waals surface area contributed by atoms with Gasteiger partial charge >= 0.3 is 0 Å². The van der Waals surface area contributed by atoms with Crippen LogP contribution in [0.2, 0.25) is 0 Å². The van der Waals surface area contributed by atoms with Crippen molar-refractivity contribution in [3.8, 4) is 5.75 Å². The van der Waals surface area contributed by atoms with E-state index in [0.29, 0.717) is 30.0 Å². The second-order valence-electron chi connectivity index (χ2n) is 7.70. The quantitative estimate of drug-likeness (QED) is 0.789. The topological polar surface area (TPSA) is 95.6 Å². The van der Waals surface area contributed by atoms with Crippen LogP contribution in [0, 0.1) is 0 Å². The van der Waals surface area contributed by atoms with Crippen molar-refractivity contribution in [1.29, 1.82) is 0 Å². The van der Waals surface area contributed by atoms with Gasteiger partial charge in [0.2, 0.25) is 10.0 Å². The van der Waals surface area contributed by atoms with Crippen molar-refractivity contribution in [2.75, 3.05) is 26.5 Å². The minimum Gasteiger partial charge on any atom is -0.497 e. The predicted octanol–water partition coefficient (Wildman–Crippen LogP) is 1.43. The Kier molecular flexibility index (Phi) is 5.46. The Morgan fingerprint density at radius 3 is 2.90 bits per heavy atom. The molecule has 8 nitrogen and oxygen atoms in total. The summed E-state index contributed by atoms with van der Waals surface area (Å²) in [5, 5.41) is 0. The molecule has 2 aliphatic rings. The molecule has 1 aromatic heterocycles. The van der Waals surface area contributed by atoms with Gasteiger partial charge in [0.25, 0.3) is 5.56 Å². The molecular formula is C20H26N4O4S. The Labute approximate surface area is 170 Å². The zero-order valence-corrected chi connectivity index (χ0v) is 17.5. The van der Waals surface area contributed by atoms with E-state index < -0.39 is 10.0 Å². The highest BCUT2D eigenvalue weighted by Gasteiger charge is 2.31. The highest BCUT2D eigenvalue weighted by molar-refractivity contribution is 7.88. The molecule has 0 radical (unpaired) electrons. The maximum atomic E-state index is 12.6. The van der Waals surface area contributed by atoms with Crippen LogP contribution in [0.25, 0.3) is 0 Å². The summed E-state index contributed by atoms with van der Waals surface area (Å²) < 4.78 is 30.5. The van der Waals surface area contributed by atoms with E-state index in [1.807, 2.05) is 18.2 Å². The average Bonchev–Trinajstić information content (AvgIpc) is 3.15. The number of ether oxygens (including phenoxy) is 1. The molecule has 1 fully saturated rings. The van der Waals surface area contributed by atoms with Crippen molar-refractivity contribution >= 4 is 10.0 Å². The van der Waals surface area contributed by atoms with E-state index in [2.05, 4.69) is 16.0 Å². The smallest absolute Gasteiger partial charge is 0.254 e. The van der Waals surface area contributed by atoms with Gasteiger partial charge in [-0.2, -0.15) is 4.31 Å². The van der Waals surface area contributed by atoms with Gasteiger partial charge in [-0.15, -0.1) is 0 Å². The van der Waals surface area contributed by atoms with Gasteiger partial charge in [0.15, 0.2) is 0 Å². The second-order valence-corrected chi connectivity index (χ2v) is 9.69. The number of hydrogen-bond acceptors (Lipinski definition) is 6. The molecule has 1 atom stereocenters. The van der Waals surface area contributed by atoms with Gasteiger partial charge in [0, 0.05) is 18.7 Å². The van der Waals surface area contributed by atoms with E-state index in [1.54, 1.807) is 7.11 Å². The van der Waals surface area contributed by atoms with E-state index in [-0.39, 0.29) is 18.1 Å². The third-order valence-corrected chi connectivity index (χ3v) is 6.97. The molecule has 0 saturated carbocycles. The zero-order valence-electron chi connectivity index (χ0n) is 16.7. The zero-order chi connectivity index (χ0) is 20.6. The molecule has 2 aromatic rings. The number of benzene rings is 1. The van der Waals surface area contributed by atoms with E-state index in [9.17, 15) is 13.2 Å². The number of methoxy groups -OCH3 is 1. The molecule has 1 saturated heterocycles. The lowest BCUT2D eigenvalue weighted by atomic mass is 10.1. The Bertz CT molecular complexity index is 1070. The van der Waals surface area contributed by atoms with Crippen LogP contribution >= 0.6 is 0 Å². The number of rotatable bonds is 5. The van der Waals surface area contributed by atoms with Crippen molar-refractivity contribution in [2.45, 2.75) is 38.4 Å². The van der Waals surface area contributed by atoms with Crippen molar-refractivity contribution in [2.24, 2.45) is 0 Å². The highest BCUT2D eigenvalue weighted by atomic mass is 32.2. The van der Waals surface area contributed by atoms with Crippen LogP contribution in [0.5, 0.6) is 5.75 Å². The molecule has 0 bridgehead atoms. The van der Waals surface area contributed by atoms with E-state index >= 15 is 0 Å². The Morgan fingerprint density at radius 2 is 2.14 bits per heavy atom. The Balaban J connectivity index is 1.60. The Morgan fingerprint density at radius 1 is 1.31 bits per heavy atom. The number of fused-ring (bicyclic) bond motifs is 1. The van der Waals surface area contributed by atoms with Gasteiger partial charge in [-0.3, -0.25) is 9.69 Å². The fourth-order valence-electron chi connectivity index (χ4n) is 4.21. The van der Waals surface area contributed by atoms with E-state index in [4.69, 9.17) is 9.72 Å². The lowest BCUT2D eigenvalue weighted by Gasteiger charge is -2.28. The maximum absolute atomic E-state index is 12.6. The number of aromatic nitrogens is 2. The molecule has 0 amide bonds. The minimum absolute atomic E-state index is 0.00723. The van der Waals surface area contributed by atoms with Crippen molar-refractivity contribution in [1.82, 2.24) is 19.2 Å². The van der Waals surface area contributed by atoms with Gasteiger partial charge in [-0.1, -0.05) is 12.1 Å². The van der Waals surface area contributed by atoms with Crippen LogP contribution in [-0.2, 0) is 29.5 Å². The van der Waals surface area contributed by atoms with Gasteiger partial charge in [-0.05, 0) is 43.5 Å². The summed E-state index contributed by atoms with van der Waals surface area (Å²) in [6, 6.07) is 7.97. The summed E-state index contributed by atoms with van der Waals surface area (Å²) in [6.45, 7) is 2.13. The van der Waals surface area contributed by atoms with E-state index in [1.165, 1.54) is 10.6 Å². The lowest BCUT2D eigenvalue weighted by Crippen LogP contribution is -2.39. The van der Waals surface area contributed by atoms with Crippen LogP contribution in [0.4, 0.5) is 0 Å². The molecule has 29 heavy (non-hydrogen) atoms. The minimum atomic E-state index is -3.31. The Hall–Kier alpha value is -2.23. The highest BCUT2D eigenvalue weighted by Crippen LogP contribution is 2.32. The first-order valence-electron chi connectivity index (χ1n) is 9.79. The van der Waals surface area contributed by atoms with Crippen LogP contribution < -0.4 is 10.3 Å². The van der Waals surface area contributed by atoms with Gasteiger partial charge in [-0.25, -0.2) is 13.4 Å². The van der Waals surface area contributed by atoms with Crippen LogP contribution in [0.3, 0.4) is 0 Å². The summed E-state index contributed by atoms with van der Waals surface area (Å²) in [7, 11) is -1.66. The molecule has 1 aromatic carbocycles. The van der Waals surface area contributed by atoms with Crippen molar-refractivity contribution in [3.05, 3.63) is 57.3 Å². The number of likely N-dealkylation sites (tertiary alicyclic amines) is 1. The summed E-state index contributed by atoms with van der Waals surface area (Å²) in [4.78, 5) is 22.6. The molecule has 156 valence electrons. The molecule has 9 heteroatoms. The largest absolute Gasteiger partial charge is 0.497 e. The number of nitrogens with one attached hydrogen (secondary N) is 1. The number of sulfonamides is 1. The van der Waals surface area contributed by atoms with Crippen LogP contribution in [-0.4, -0.2) is 54.0 Å². The number of nitrogens with zero attached hydrogens (tertiary/aromatic N) is 3. The van der Waals surface area contributed by atoms with Crippen molar-refractivity contribution < 1.29 is 13.2 Å². The summed E-state index contributed by atoms with van der Waals surface area (Å²) in [5.74, 6) is 1.45. The third kappa shape index (κ3) is 4.22. The first-order valence-corrected chi connectivity index (χ1v) is 11.6. The molecule has 4 rings (SSSR count). The molecule has 0 aliphatic carbocycles. The SMILES string of the molecule is COc1cccc(CN2CCC[C@@H]2c2nc3c(c(=O)[nH]2)CCN(S(C)(=O)=O)C3)c1. The number of aromatic amines is 1. The fraction of sp³-hybridized carbons (Fsp3) is 0.500. The molecule has 3 heterocycles. The van der Waals surface area contributed by atoms with Crippen LogP contribution in [0.1, 0.15) is 41.5 Å². The third-order valence-electron chi connectivity index (χ3n) is 5.72. The molecular weight excluding hydrogens is 392 g/mol. The molecule has 0 unspecified atom stereocenters. The first-order chi connectivity index (χ1) is 13.8. The predicted molar refractivity (Wildman–Crippen MR) is 109 cm³/mol. The average molecular weight is 419 g/mol. The summed E-state index contributed by atoms with van der Waals surface area (Å²) in [6.07, 6.45) is 3.51. The van der Waals surface area contributed by atoms with Gasteiger partial charge in [0.1, 0.15) is 11.6 Å². The monoisotopic (exact) mass is 418 g/mol. The molecule has 2 aliphatic heterocycles. The number of hydrogen-bond donors (Lipinski definition) is 1. The number of H-pyrrole nitrogens is 1. The maximum Gasteiger partial charge on any atom is 0.254 e. The molecule has 0 spiro atoms. The normalized spacial score (nSPS) is 20.6. The van der Waals surface area contributed by atoms with Gasteiger partial charge < -0.3 is 9.72 Å². The van der Waals surface area contributed by atoms with Crippen LogP contribution in [0.15, 0.2) is 29.1 Å². The van der Waals surface area contributed by atoms with Crippen molar-refractivity contribution in [3.63, 3.8) is 0 Å². The lowest BCUT2D eigenvalue weighted by molar-refractivity contribution is 0.238. The molecule has 1 N–H and O–H groups in total. The summed E-state index contributed by atoms with van der Waals surface area (Å²) in [5.41, 5.74) is 2.17. The second kappa shape index (κ2) is 7.89.